The SMILES string of the molecule is CC1CN(Cc2cnn(Cc3ccccc3)c2)CC2(CCOC2)O1. The molecule has 2 aromatic rings. The van der Waals surface area contributed by atoms with Crippen LogP contribution in [-0.4, -0.2) is 52.7 Å². The van der Waals surface area contributed by atoms with Crippen LogP contribution in [0.2, 0.25) is 0 Å². The van der Waals surface area contributed by atoms with E-state index in [2.05, 4.69) is 47.4 Å². The lowest BCUT2D eigenvalue weighted by atomic mass is 9.99. The Morgan fingerprint density at radius 2 is 2.08 bits per heavy atom. The van der Waals surface area contributed by atoms with Gasteiger partial charge in [-0.05, 0) is 12.5 Å². The average molecular weight is 327 g/mol. The summed E-state index contributed by atoms with van der Waals surface area (Å²) in [5.74, 6) is 0. The highest BCUT2D eigenvalue weighted by Crippen LogP contribution is 2.30. The number of hydrogen-bond donors (Lipinski definition) is 0. The summed E-state index contributed by atoms with van der Waals surface area (Å²) < 4.78 is 13.8. The van der Waals surface area contributed by atoms with Crippen molar-refractivity contribution in [3.63, 3.8) is 0 Å². The first-order valence-electron chi connectivity index (χ1n) is 8.74. The van der Waals surface area contributed by atoms with Crippen LogP contribution >= 0.6 is 0 Å². The van der Waals surface area contributed by atoms with Crippen molar-refractivity contribution in [3.8, 4) is 0 Å². The number of morpholine rings is 1. The van der Waals surface area contributed by atoms with E-state index in [-0.39, 0.29) is 11.7 Å². The molecular formula is C19H25N3O2. The Morgan fingerprint density at radius 3 is 2.88 bits per heavy atom. The number of nitrogens with zero attached hydrogens (tertiary/aromatic N) is 3. The van der Waals surface area contributed by atoms with Gasteiger partial charge < -0.3 is 9.47 Å². The fourth-order valence-electron chi connectivity index (χ4n) is 3.87. The average Bonchev–Trinajstić information content (AvgIpc) is 3.18. The standard InChI is InChI=1S/C19H25N3O2/c1-16-10-21(14-19(24-16)7-8-23-15-19)11-18-9-20-22(13-18)12-17-5-3-2-4-6-17/h2-6,9,13,16H,7-8,10-12,14-15H2,1H3. The summed E-state index contributed by atoms with van der Waals surface area (Å²) in [7, 11) is 0. The Labute approximate surface area is 143 Å². The predicted octanol–water partition coefficient (Wildman–Crippen LogP) is 2.31. The topological polar surface area (TPSA) is 39.5 Å². The summed E-state index contributed by atoms with van der Waals surface area (Å²) in [6, 6.07) is 10.4. The first-order valence-corrected chi connectivity index (χ1v) is 8.74. The molecule has 2 saturated heterocycles. The van der Waals surface area contributed by atoms with E-state index in [1.54, 1.807) is 0 Å². The quantitative estimate of drug-likeness (QED) is 0.864. The van der Waals surface area contributed by atoms with E-state index in [0.717, 1.165) is 45.8 Å². The molecule has 1 aromatic carbocycles. The molecule has 4 rings (SSSR count). The molecule has 2 aliphatic heterocycles. The van der Waals surface area contributed by atoms with Gasteiger partial charge in [-0.1, -0.05) is 30.3 Å². The van der Waals surface area contributed by atoms with Gasteiger partial charge in [-0.15, -0.1) is 0 Å². The maximum Gasteiger partial charge on any atom is 0.107 e. The van der Waals surface area contributed by atoms with Gasteiger partial charge in [0.15, 0.2) is 0 Å². The molecular weight excluding hydrogens is 302 g/mol. The molecule has 0 amide bonds. The van der Waals surface area contributed by atoms with Crippen LogP contribution < -0.4 is 0 Å². The van der Waals surface area contributed by atoms with Crippen molar-refractivity contribution in [1.82, 2.24) is 14.7 Å². The Bertz CT molecular complexity index is 664. The second-order valence-electron chi connectivity index (χ2n) is 7.12. The minimum atomic E-state index is -0.0995. The Hall–Kier alpha value is -1.69. The van der Waals surface area contributed by atoms with E-state index >= 15 is 0 Å². The third-order valence-electron chi connectivity index (χ3n) is 4.83. The van der Waals surface area contributed by atoms with Crippen molar-refractivity contribution in [1.29, 1.82) is 0 Å². The lowest BCUT2D eigenvalue weighted by Gasteiger charge is -2.42. The van der Waals surface area contributed by atoms with Crippen molar-refractivity contribution in [2.75, 3.05) is 26.3 Å². The summed E-state index contributed by atoms with van der Waals surface area (Å²) in [6.07, 6.45) is 5.40. The Balaban J connectivity index is 1.40. The van der Waals surface area contributed by atoms with Gasteiger partial charge >= 0.3 is 0 Å². The van der Waals surface area contributed by atoms with Gasteiger partial charge in [0, 0.05) is 44.4 Å². The number of ether oxygens (including phenoxy) is 2. The third kappa shape index (κ3) is 3.53. The van der Waals surface area contributed by atoms with Gasteiger partial charge in [-0.25, -0.2) is 0 Å². The number of aromatic nitrogens is 2. The molecule has 0 radical (unpaired) electrons. The van der Waals surface area contributed by atoms with Crippen LogP contribution in [0.5, 0.6) is 0 Å². The monoisotopic (exact) mass is 327 g/mol. The van der Waals surface area contributed by atoms with Gasteiger partial charge in [0.1, 0.15) is 5.60 Å². The molecule has 128 valence electrons. The Morgan fingerprint density at radius 1 is 1.21 bits per heavy atom. The zero-order valence-corrected chi connectivity index (χ0v) is 14.2. The summed E-state index contributed by atoms with van der Waals surface area (Å²) in [5, 5.41) is 4.52. The maximum absolute atomic E-state index is 6.20. The van der Waals surface area contributed by atoms with Crippen molar-refractivity contribution < 1.29 is 9.47 Å². The second kappa shape index (κ2) is 6.67. The predicted molar refractivity (Wildman–Crippen MR) is 91.8 cm³/mol. The largest absolute Gasteiger partial charge is 0.378 e. The lowest BCUT2D eigenvalue weighted by Crippen LogP contribution is -2.55. The van der Waals surface area contributed by atoms with Gasteiger partial charge in [0.2, 0.25) is 0 Å². The number of benzene rings is 1. The lowest BCUT2D eigenvalue weighted by molar-refractivity contribution is -0.149. The molecule has 2 aliphatic rings. The molecule has 3 heterocycles. The third-order valence-corrected chi connectivity index (χ3v) is 4.83. The summed E-state index contributed by atoms with van der Waals surface area (Å²) >= 11 is 0. The molecule has 2 unspecified atom stereocenters. The smallest absolute Gasteiger partial charge is 0.107 e. The van der Waals surface area contributed by atoms with Crippen molar-refractivity contribution >= 4 is 0 Å². The highest BCUT2D eigenvalue weighted by molar-refractivity contribution is 5.15. The highest BCUT2D eigenvalue weighted by atomic mass is 16.6. The maximum atomic E-state index is 6.20. The van der Waals surface area contributed by atoms with Crippen LogP contribution in [0.4, 0.5) is 0 Å². The van der Waals surface area contributed by atoms with E-state index in [9.17, 15) is 0 Å². The summed E-state index contributed by atoms with van der Waals surface area (Å²) in [6.45, 7) is 7.34. The number of hydrogen-bond acceptors (Lipinski definition) is 4. The molecule has 2 fully saturated rings. The second-order valence-corrected chi connectivity index (χ2v) is 7.12. The van der Waals surface area contributed by atoms with Crippen LogP contribution in [0.1, 0.15) is 24.5 Å². The minimum absolute atomic E-state index is 0.0995. The fraction of sp³-hybridized carbons (Fsp3) is 0.526. The first-order chi connectivity index (χ1) is 11.7. The summed E-state index contributed by atoms with van der Waals surface area (Å²) in [5.41, 5.74) is 2.43. The van der Waals surface area contributed by atoms with Crippen molar-refractivity contribution in [2.45, 2.75) is 38.1 Å². The highest BCUT2D eigenvalue weighted by Gasteiger charge is 2.42. The molecule has 5 nitrogen and oxygen atoms in total. The summed E-state index contributed by atoms with van der Waals surface area (Å²) in [4.78, 5) is 2.48. The van der Waals surface area contributed by atoms with Gasteiger partial charge in [-0.2, -0.15) is 5.10 Å². The minimum Gasteiger partial charge on any atom is -0.378 e. The van der Waals surface area contributed by atoms with Gasteiger partial charge in [0.25, 0.3) is 0 Å². The van der Waals surface area contributed by atoms with Crippen LogP contribution in [-0.2, 0) is 22.6 Å². The van der Waals surface area contributed by atoms with Crippen LogP contribution in [0.3, 0.4) is 0 Å². The molecule has 5 heteroatoms. The Kier molecular flexibility index (Phi) is 4.39. The molecule has 0 saturated carbocycles. The van der Waals surface area contributed by atoms with E-state index in [4.69, 9.17) is 9.47 Å². The first kappa shape index (κ1) is 15.8. The molecule has 1 aromatic heterocycles. The van der Waals surface area contributed by atoms with Gasteiger partial charge in [0.05, 0.1) is 25.5 Å². The molecule has 2 atom stereocenters. The fourth-order valence-corrected chi connectivity index (χ4v) is 3.87. The van der Waals surface area contributed by atoms with Crippen molar-refractivity contribution in [3.05, 3.63) is 53.9 Å². The van der Waals surface area contributed by atoms with E-state index in [0.29, 0.717) is 0 Å². The van der Waals surface area contributed by atoms with Gasteiger partial charge in [-0.3, -0.25) is 9.58 Å². The molecule has 0 bridgehead atoms. The molecule has 0 N–H and O–H groups in total. The zero-order valence-electron chi connectivity index (χ0n) is 14.2. The number of rotatable bonds is 4. The van der Waals surface area contributed by atoms with E-state index in [1.807, 2.05) is 16.9 Å². The molecule has 0 aliphatic carbocycles. The van der Waals surface area contributed by atoms with E-state index in [1.165, 1.54) is 11.1 Å². The molecule has 24 heavy (non-hydrogen) atoms. The van der Waals surface area contributed by atoms with Crippen molar-refractivity contribution in [2.24, 2.45) is 0 Å². The van der Waals surface area contributed by atoms with Crippen LogP contribution in [0.15, 0.2) is 42.7 Å². The van der Waals surface area contributed by atoms with Crippen LogP contribution in [0.25, 0.3) is 0 Å². The zero-order chi connectivity index (χ0) is 16.4. The van der Waals surface area contributed by atoms with E-state index < -0.39 is 0 Å². The normalized spacial score (nSPS) is 27.8. The molecule has 1 spiro atoms. The van der Waals surface area contributed by atoms with Crippen LogP contribution in [0, 0.1) is 0 Å².